The van der Waals surface area contributed by atoms with E-state index in [0.29, 0.717) is 21.7 Å². The van der Waals surface area contributed by atoms with Crippen molar-refractivity contribution in [2.45, 2.75) is 4.90 Å². The minimum absolute atomic E-state index is 0.304. The average Bonchev–Trinajstić information content (AvgIpc) is 2.57. The first kappa shape index (κ1) is 10.2. The van der Waals surface area contributed by atoms with Crippen LogP contribution in [0, 0.1) is 0 Å². The van der Waals surface area contributed by atoms with Crippen LogP contribution in [0.1, 0.15) is 0 Å². The molecule has 86 valence electrons. The van der Waals surface area contributed by atoms with Crippen molar-refractivity contribution in [3.8, 4) is 0 Å². The molecule has 0 unspecified atom stereocenters. The highest BCUT2D eigenvalue weighted by Crippen LogP contribution is 2.41. The molecule has 6 heteroatoms. The largest absolute Gasteiger partial charge is 0.279 e. The van der Waals surface area contributed by atoms with E-state index in [2.05, 4.69) is 15.0 Å². The Morgan fingerprint density at radius 2 is 2.00 bits per heavy atom. The molecule has 1 N–H and O–H groups in total. The summed E-state index contributed by atoms with van der Waals surface area (Å²) in [5.74, 6) is 0. The van der Waals surface area contributed by atoms with Crippen molar-refractivity contribution >= 4 is 32.2 Å². The summed E-state index contributed by atoms with van der Waals surface area (Å²) in [5.41, 5.74) is 1.28. The van der Waals surface area contributed by atoms with Gasteiger partial charge in [0.1, 0.15) is 0 Å². The normalized spacial score (nSPS) is 16.5. The SMILES string of the molecule is CN=Nc1ccc2c3c(cccc13)S(=O)(=O)N2. The van der Waals surface area contributed by atoms with Gasteiger partial charge in [0.2, 0.25) is 0 Å². The van der Waals surface area contributed by atoms with Gasteiger partial charge in [-0.2, -0.15) is 10.2 Å². The molecular formula is C11H9N3O2S. The van der Waals surface area contributed by atoms with Gasteiger partial charge in [0.15, 0.2) is 0 Å². The molecule has 0 atom stereocenters. The third-order valence-corrected chi connectivity index (χ3v) is 4.13. The van der Waals surface area contributed by atoms with Crippen LogP contribution in [0.5, 0.6) is 0 Å². The number of azo groups is 1. The van der Waals surface area contributed by atoms with Gasteiger partial charge < -0.3 is 0 Å². The predicted octanol–water partition coefficient (Wildman–Crippen LogP) is 2.67. The van der Waals surface area contributed by atoms with E-state index >= 15 is 0 Å². The number of benzene rings is 2. The van der Waals surface area contributed by atoms with Crippen molar-refractivity contribution in [3.05, 3.63) is 30.3 Å². The maximum absolute atomic E-state index is 11.8. The first-order valence-electron chi connectivity index (χ1n) is 5.02. The lowest BCUT2D eigenvalue weighted by Gasteiger charge is -2.01. The van der Waals surface area contributed by atoms with Crippen LogP contribution in [-0.4, -0.2) is 15.5 Å². The highest BCUT2D eigenvalue weighted by molar-refractivity contribution is 7.93. The Morgan fingerprint density at radius 3 is 2.76 bits per heavy atom. The molecule has 1 aliphatic heterocycles. The smallest absolute Gasteiger partial charge is 0.262 e. The maximum Gasteiger partial charge on any atom is 0.262 e. The van der Waals surface area contributed by atoms with Gasteiger partial charge in [-0.3, -0.25) is 4.72 Å². The van der Waals surface area contributed by atoms with Crippen molar-refractivity contribution in [2.75, 3.05) is 11.8 Å². The predicted molar refractivity (Wildman–Crippen MR) is 65.2 cm³/mol. The summed E-state index contributed by atoms with van der Waals surface area (Å²) in [6.07, 6.45) is 0. The summed E-state index contributed by atoms with van der Waals surface area (Å²) in [7, 11) is -1.83. The van der Waals surface area contributed by atoms with Crippen molar-refractivity contribution in [1.29, 1.82) is 0 Å². The molecule has 2 aromatic carbocycles. The van der Waals surface area contributed by atoms with Crippen molar-refractivity contribution in [3.63, 3.8) is 0 Å². The highest BCUT2D eigenvalue weighted by atomic mass is 32.2. The second kappa shape index (κ2) is 3.27. The van der Waals surface area contributed by atoms with Crippen LogP contribution >= 0.6 is 0 Å². The lowest BCUT2D eigenvalue weighted by Crippen LogP contribution is -2.05. The third-order valence-electron chi connectivity index (χ3n) is 2.72. The molecule has 0 spiro atoms. The fraction of sp³-hybridized carbons (Fsp3) is 0.0909. The van der Waals surface area contributed by atoms with Crippen molar-refractivity contribution < 1.29 is 8.42 Å². The van der Waals surface area contributed by atoms with E-state index in [0.717, 1.165) is 5.39 Å². The quantitative estimate of drug-likeness (QED) is 0.787. The Bertz CT molecular complexity index is 751. The Hall–Kier alpha value is -1.95. The molecule has 0 aliphatic carbocycles. The standard InChI is InChI=1S/C11H9N3O2S/c1-12-13-8-5-6-9-11-7(8)3-2-4-10(11)17(15,16)14-9/h2-6,14H,1H3. The van der Waals surface area contributed by atoms with Crippen molar-refractivity contribution in [1.82, 2.24) is 0 Å². The van der Waals surface area contributed by atoms with E-state index in [4.69, 9.17) is 0 Å². The van der Waals surface area contributed by atoms with Gasteiger partial charge in [-0.15, -0.1) is 0 Å². The summed E-state index contributed by atoms with van der Waals surface area (Å²) in [6, 6.07) is 8.60. The molecule has 17 heavy (non-hydrogen) atoms. The zero-order valence-electron chi connectivity index (χ0n) is 9.01. The Kier molecular flexibility index (Phi) is 1.97. The fourth-order valence-corrected chi connectivity index (χ4v) is 3.38. The number of anilines is 1. The lowest BCUT2D eigenvalue weighted by molar-refractivity contribution is 0.603. The minimum Gasteiger partial charge on any atom is -0.279 e. The van der Waals surface area contributed by atoms with E-state index in [1.807, 2.05) is 6.07 Å². The van der Waals surface area contributed by atoms with Crippen LogP contribution in [0.15, 0.2) is 45.5 Å². The first-order chi connectivity index (χ1) is 8.13. The molecule has 3 rings (SSSR count). The number of nitrogens with one attached hydrogen (secondary N) is 1. The van der Waals surface area contributed by atoms with Crippen LogP contribution < -0.4 is 4.72 Å². The zero-order valence-corrected chi connectivity index (χ0v) is 9.82. The monoisotopic (exact) mass is 247 g/mol. The first-order valence-corrected chi connectivity index (χ1v) is 6.50. The summed E-state index contributed by atoms with van der Waals surface area (Å²) in [4.78, 5) is 0.304. The Morgan fingerprint density at radius 1 is 1.18 bits per heavy atom. The molecule has 0 radical (unpaired) electrons. The highest BCUT2D eigenvalue weighted by Gasteiger charge is 2.27. The lowest BCUT2D eigenvalue weighted by atomic mass is 10.1. The number of hydrogen-bond donors (Lipinski definition) is 1. The fourth-order valence-electron chi connectivity index (χ4n) is 2.06. The van der Waals surface area contributed by atoms with Gasteiger partial charge >= 0.3 is 0 Å². The summed E-state index contributed by atoms with van der Waals surface area (Å²) in [6.45, 7) is 0. The molecule has 0 saturated carbocycles. The number of sulfonamides is 1. The van der Waals surface area contributed by atoms with Gasteiger partial charge in [-0.05, 0) is 18.2 Å². The molecule has 1 aliphatic rings. The molecule has 0 bridgehead atoms. The van der Waals surface area contributed by atoms with Gasteiger partial charge in [-0.25, -0.2) is 8.42 Å². The van der Waals surface area contributed by atoms with Crippen LogP contribution in [0.4, 0.5) is 11.4 Å². The Balaban J connectivity index is 2.50. The zero-order chi connectivity index (χ0) is 12.0. The summed E-state index contributed by atoms with van der Waals surface area (Å²) in [5, 5.41) is 9.21. The van der Waals surface area contributed by atoms with Gasteiger partial charge in [0, 0.05) is 17.8 Å². The second-order valence-corrected chi connectivity index (χ2v) is 5.37. The van der Waals surface area contributed by atoms with Crippen LogP contribution in [0.2, 0.25) is 0 Å². The van der Waals surface area contributed by atoms with Crippen LogP contribution in [-0.2, 0) is 10.0 Å². The maximum atomic E-state index is 11.8. The average molecular weight is 247 g/mol. The van der Waals surface area contributed by atoms with Crippen LogP contribution in [0.3, 0.4) is 0 Å². The topological polar surface area (TPSA) is 70.9 Å². The molecule has 5 nitrogen and oxygen atoms in total. The summed E-state index contributed by atoms with van der Waals surface area (Å²) >= 11 is 0. The number of nitrogens with zero attached hydrogens (tertiary/aromatic N) is 2. The second-order valence-electron chi connectivity index (χ2n) is 3.72. The molecule has 0 aromatic heterocycles. The van der Waals surface area contributed by atoms with E-state index in [1.54, 1.807) is 31.3 Å². The van der Waals surface area contributed by atoms with E-state index in [1.165, 1.54) is 0 Å². The van der Waals surface area contributed by atoms with E-state index in [-0.39, 0.29) is 0 Å². The van der Waals surface area contributed by atoms with Gasteiger partial charge in [-0.1, -0.05) is 12.1 Å². The van der Waals surface area contributed by atoms with E-state index < -0.39 is 10.0 Å². The van der Waals surface area contributed by atoms with E-state index in [9.17, 15) is 8.42 Å². The van der Waals surface area contributed by atoms with Crippen molar-refractivity contribution in [2.24, 2.45) is 10.2 Å². The summed E-state index contributed by atoms with van der Waals surface area (Å²) < 4.78 is 26.2. The minimum atomic E-state index is -3.41. The molecular weight excluding hydrogens is 238 g/mol. The molecule has 0 saturated heterocycles. The molecule has 0 amide bonds. The number of hydrogen-bond acceptors (Lipinski definition) is 4. The Labute approximate surface area is 98.2 Å². The van der Waals surface area contributed by atoms with Crippen LogP contribution in [0.25, 0.3) is 10.8 Å². The molecule has 2 aromatic rings. The molecule has 1 heterocycles. The molecule has 0 fully saturated rings. The number of rotatable bonds is 1. The third kappa shape index (κ3) is 1.34. The van der Waals surface area contributed by atoms with Gasteiger partial charge in [0.25, 0.3) is 10.0 Å². The van der Waals surface area contributed by atoms with Gasteiger partial charge in [0.05, 0.1) is 16.3 Å².